The van der Waals surface area contributed by atoms with Gasteiger partial charge in [-0.3, -0.25) is 9.52 Å². The van der Waals surface area contributed by atoms with Crippen LogP contribution in [0.4, 0.5) is 5.69 Å². The molecule has 0 heterocycles. The highest BCUT2D eigenvalue weighted by atomic mass is 32.2. The second kappa shape index (κ2) is 8.71. The maximum atomic E-state index is 12.6. The van der Waals surface area contributed by atoms with E-state index in [-0.39, 0.29) is 10.8 Å². The number of nitrogens with one attached hydrogen (secondary N) is 2. The lowest BCUT2D eigenvalue weighted by Crippen LogP contribution is -2.25. The van der Waals surface area contributed by atoms with Crippen molar-refractivity contribution in [2.45, 2.75) is 25.2 Å². The third-order valence-electron chi connectivity index (χ3n) is 3.77. The average molecular weight is 376 g/mol. The van der Waals surface area contributed by atoms with E-state index in [0.29, 0.717) is 29.5 Å². The fourth-order valence-corrected chi connectivity index (χ4v) is 3.43. The van der Waals surface area contributed by atoms with Gasteiger partial charge in [0.1, 0.15) is 5.75 Å². The fraction of sp³-hybridized carbons (Fsp3) is 0.316. The first-order chi connectivity index (χ1) is 12.3. The van der Waals surface area contributed by atoms with Gasteiger partial charge in [-0.05, 0) is 42.7 Å². The molecule has 0 saturated heterocycles. The van der Waals surface area contributed by atoms with Gasteiger partial charge in [-0.2, -0.15) is 0 Å². The molecular formula is C19H24N2O4S. The summed E-state index contributed by atoms with van der Waals surface area (Å²) in [6.45, 7) is 4.69. The van der Waals surface area contributed by atoms with Gasteiger partial charge in [0.15, 0.2) is 0 Å². The Balaban J connectivity index is 2.18. The van der Waals surface area contributed by atoms with Gasteiger partial charge < -0.3 is 10.1 Å². The zero-order chi connectivity index (χ0) is 19.2. The van der Waals surface area contributed by atoms with Crippen LogP contribution in [-0.2, 0) is 10.0 Å². The van der Waals surface area contributed by atoms with E-state index in [1.807, 2.05) is 0 Å². The van der Waals surface area contributed by atoms with Gasteiger partial charge in [-0.1, -0.05) is 32.0 Å². The molecule has 2 N–H and O–H groups in total. The van der Waals surface area contributed by atoms with Crippen molar-refractivity contribution in [1.82, 2.24) is 5.32 Å². The topological polar surface area (TPSA) is 84.5 Å². The highest BCUT2D eigenvalue weighted by molar-refractivity contribution is 7.92. The summed E-state index contributed by atoms with van der Waals surface area (Å²) in [6.07, 6.45) is 0.860. The smallest absolute Gasteiger partial charge is 0.262 e. The third-order valence-corrected chi connectivity index (χ3v) is 5.13. The van der Waals surface area contributed by atoms with Crippen LogP contribution >= 0.6 is 0 Å². The minimum Gasteiger partial charge on any atom is -0.495 e. The molecule has 0 radical (unpaired) electrons. The molecule has 0 spiro atoms. The molecule has 2 aromatic carbocycles. The van der Waals surface area contributed by atoms with E-state index in [1.165, 1.54) is 19.2 Å². The van der Waals surface area contributed by atoms with E-state index in [2.05, 4.69) is 23.9 Å². The predicted molar refractivity (Wildman–Crippen MR) is 102 cm³/mol. The normalized spacial score (nSPS) is 11.2. The summed E-state index contributed by atoms with van der Waals surface area (Å²) in [4.78, 5) is 12.2. The highest BCUT2D eigenvalue weighted by Gasteiger charge is 2.18. The molecule has 7 heteroatoms. The van der Waals surface area contributed by atoms with Gasteiger partial charge in [0, 0.05) is 12.1 Å². The summed E-state index contributed by atoms with van der Waals surface area (Å²) in [5.74, 6) is 0.603. The first-order valence-electron chi connectivity index (χ1n) is 8.37. The third kappa shape index (κ3) is 5.23. The summed E-state index contributed by atoms with van der Waals surface area (Å²) >= 11 is 0. The van der Waals surface area contributed by atoms with Crippen LogP contribution in [0.1, 0.15) is 30.6 Å². The van der Waals surface area contributed by atoms with Gasteiger partial charge in [0.05, 0.1) is 17.7 Å². The second-order valence-electron chi connectivity index (χ2n) is 6.27. The minimum atomic E-state index is -3.85. The number of hydrogen-bond donors (Lipinski definition) is 2. The number of ether oxygens (including phenoxy) is 1. The van der Waals surface area contributed by atoms with Crippen molar-refractivity contribution in [2.75, 3.05) is 18.4 Å². The summed E-state index contributed by atoms with van der Waals surface area (Å²) in [6, 6.07) is 12.7. The number of anilines is 1. The van der Waals surface area contributed by atoms with Crippen molar-refractivity contribution in [2.24, 2.45) is 5.92 Å². The molecule has 140 valence electrons. The molecule has 0 unspecified atom stereocenters. The van der Waals surface area contributed by atoms with Crippen molar-refractivity contribution >= 4 is 21.6 Å². The van der Waals surface area contributed by atoms with E-state index in [9.17, 15) is 13.2 Å². The van der Waals surface area contributed by atoms with Crippen molar-refractivity contribution in [1.29, 1.82) is 0 Å². The van der Waals surface area contributed by atoms with Gasteiger partial charge in [-0.15, -0.1) is 0 Å². The molecule has 2 rings (SSSR count). The number of benzene rings is 2. The molecule has 0 aliphatic heterocycles. The lowest BCUT2D eigenvalue weighted by Gasteiger charge is -2.12. The van der Waals surface area contributed by atoms with Crippen LogP contribution in [0, 0.1) is 5.92 Å². The monoisotopic (exact) mass is 376 g/mol. The predicted octanol–water partition coefficient (Wildman–Crippen LogP) is 3.27. The lowest BCUT2D eigenvalue weighted by atomic mass is 10.1. The number of carbonyl (C=O) groups excluding carboxylic acids is 1. The lowest BCUT2D eigenvalue weighted by molar-refractivity contribution is 0.0952. The van der Waals surface area contributed by atoms with Gasteiger partial charge >= 0.3 is 0 Å². The Kier molecular flexibility index (Phi) is 6.63. The van der Waals surface area contributed by atoms with Crippen LogP contribution in [0.15, 0.2) is 53.4 Å². The molecular weight excluding hydrogens is 352 g/mol. The van der Waals surface area contributed by atoms with E-state index in [1.54, 1.807) is 36.4 Å². The number of rotatable bonds is 8. The van der Waals surface area contributed by atoms with Crippen LogP contribution in [0.25, 0.3) is 0 Å². The summed E-state index contributed by atoms with van der Waals surface area (Å²) in [5.41, 5.74) is 0.637. The average Bonchev–Trinajstić information content (AvgIpc) is 2.61. The molecule has 2 aromatic rings. The second-order valence-corrected chi connectivity index (χ2v) is 7.95. The van der Waals surface area contributed by atoms with Crippen LogP contribution in [-0.4, -0.2) is 28.0 Å². The van der Waals surface area contributed by atoms with Gasteiger partial charge in [0.25, 0.3) is 15.9 Å². The van der Waals surface area contributed by atoms with Gasteiger partial charge in [-0.25, -0.2) is 8.42 Å². The number of para-hydroxylation sites is 2. The van der Waals surface area contributed by atoms with Crippen molar-refractivity contribution in [3.63, 3.8) is 0 Å². The standard InChI is InChI=1S/C19H24N2O4S/c1-14(2)11-12-20-19(22)15-7-6-8-16(13-15)26(23,24)21-17-9-4-5-10-18(17)25-3/h4-10,13-14,21H,11-12H2,1-3H3,(H,20,22). The minimum absolute atomic E-state index is 0.0138. The number of amides is 1. The molecule has 1 amide bonds. The Labute approximate surface area is 154 Å². The van der Waals surface area contributed by atoms with Crippen molar-refractivity contribution < 1.29 is 17.9 Å². The van der Waals surface area contributed by atoms with Crippen LogP contribution < -0.4 is 14.8 Å². The zero-order valence-electron chi connectivity index (χ0n) is 15.2. The number of hydrogen-bond acceptors (Lipinski definition) is 4. The van der Waals surface area contributed by atoms with Crippen LogP contribution in [0.2, 0.25) is 0 Å². The summed E-state index contributed by atoms with van der Waals surface area (Å²) in [5, 5.41) is 2.80. The number of methoxy groups -OCH3 is 1. The molecule has 0 aliphatic carbocycles. The molecule has 0 fully saturated rings. The van der Waals surface area contributed by atoms with E-state index < -0.39 is 10.0 Å². The first-order valence-corrected chi connectivity index (χ1v) is 9.86. The Morgan fingerprint density at radius 2 is 1.85 bits per heavy atom. The Morgan fingerprint density at radius 3 is 2.54 bits per heavy atom. The highest BCUT2D eigenvalue weighted by Crippen LogP contribution is 2.26. The van der Waals surface area contributed by atoms with E-state index in [0.717, 1.165) is 6.42 Å². The summed E-state index contributed by atoms with van der Waals surface area (Å²) in [7, 11) is -2.38. The largest absolute Gasteiger partial charge is 0.495 e. The Hall–Kier alpha value is -2.54. The van der Waals surface area contributed by atoms with E-state index >= 15 is 0 Å². The SMILES string of the molecule is COc1ccccc1NS(=O)(=O)c1cccc(C(=O)NCCC(C)C)c1. The number of sulfonamides is 1. The van der Waals surface area contributed by atoms with E-state index in [4.69, 9.17) is 4.74 Å². The van der Waals surface area contributed by atoms with Crippen molar-refractivity contribution in [3.05, 3.63) is 54.1 Å². The summed E-state index contributed by atoms with van der Waals surface area (Å²) < 4.78 is 33.0. The molecule has 0 aliphatic rings. The molecule has 26 heavy (non-hydrogen) atoms. The Bertz CT molecular complexity index is 863. The quantitative estimate of drug-likeness (QED) is 0.740. The first kappa shape index (κ1) is 19.8. The molecule has 0 saturated carbocycles. The van der Waals surface area contributed by atoms with Crippen LogP contribution in [0.5, 0.6) is 5.75 Å². The fourth-order valence-electron chi connectivity index (χ4n) is 2.31. The molecule has 0 bridgehead atoms. The molecule has 0 aromatic heterocycles. The zero-order valence-corrected chi connectivity index (χ0v) is 16.0. The number of carbonyl (C=O) groups is 1. The Morgan fingerprint density at radius 1 is 1.12 bits per heavy atom. The molecule has 0 atom stereocenters. The van der Waals surface area contributed by atoms with Gasteiger partial charge in [0.2, 0.25) is 0 Å². The van der Waals surface area contributed by atoms with Crippen molar-refractivity contribution in [3.8, 4) is 5.75 Å². The molecule has 6 nitrogen and oxygen atoms in total. The maximum absolute atomic E-state index is 12.6. The maximum Gasteiger partial charge on any atom is 0.262 e. The van der Waals surface area contributed by atoms with Crippen LogP contribution in [0.3, 0.4) is 0 Å².